The molecule has 6 heterocycles. The second-order valence-electron chi connectivity index (χ2n) is 19.8. The highest BCUT2D eigenvalue weighted by Gasteiger charge is 2.47. The minimum absolute atomic E-state index is 0.00870. The van der Waals surface area contributed by atoms with Crippen LogP contribution in [0.1, 0.15) is 52.7 Å². The van der Waals surface area contributed by atoms with Crippen molar-refractivity contribution in [3.05, 3.63) is 174 Å². The summed E-state index contributed by atoms with van der Waals surface area (Å²) in [5, 5.41) is 12.6. The number of rotatable bonds is 4. The summed E-state index contributed by atoms with van der Waals surface area (Å²) in [6.45, 7) is 14.1. The van der Waals surface area contributed by atoms with E-state index in [1.54, 1.807) is 0 Å². The summed E-state index contributed by atoms with van der Waals surface area (Å²) < 4.78 is 5.31. The Bertz CT molecular complexity index is 3460. The molecule has 11 aromatic rings. The Morgan fingerprint density at radius 3 is 1.26 bits per heavy atom. The maximum Gasteiger partial charge on any atom is 0.256 e. The monoisotopic (exact) mass is 908 g/mol. The SMILES string of the molecule is CC(C)(C)c1ccc2sc3c(c2c1)B1c2c(cccc2N(c2ccc(-c4csc5ccccc45)cc2)c2sc4ccc(C(C)(C)C)cc4c21)N3c1ccc(-c2csc3ccccc23)cc1. The maximum atomic E-state index is 2.59. The molecule has 2 aliphatic rings. The summed E-state index contributed by atoms with van der Waals surface area (Å²) in [6.07, 6.45) is 0. The van der Waals surface area contributed by atoms with Crippen LogP contribution in [0.25, 0.3) is 62.6 Å². The second-order valence-corrected chi connectivity index (χ2v) is 23.6. The largest absolute Gasteiger partial charge is 0.303 e. The minimum atomic E-state index is 0.00870. The molecule has 65 heavy (non-hydrogen) atoms. The fourth-order valence-electron chi connectivity index (χ4n) is 10.4. The van der Waals surface area contributed by atoms with E-state index < -0.39 is 0 Å². The molecule has 7 heteroatoms. The molecule has 0 N–H and O–H groups in total. The van der Waals surface area contributed by atoms with E-state index in [1.807, 2.05) is 45.3 Å². The number of benzene rings is 7. The Morgan fingerprint density at radius 2 is 0.831 bits per heavy atom. The van der Waals surface area contributed by atoms with E-state index >= 15 is 0 Å². The zero-order valence-corrected chi connectivity index (χ0v) is 40.5. The predicted molar refractivity (Wildman–Crippen MR) is 290 cm³/mol. The fourth-order valence-corrected chi connectivity index (χ4v) is 14.9. The van der Waals surface area contributed by atoms with Gasteiger partial charge in [-0.15, -0.1) is 45.3 Å². The van der Waals surface area contributed by atoms with Crippen molar-refractivity contribution in [2.75, 3.05) is 9.80 Å². The molecule has 0 bridgehead atoms. The van der Waals surface area contributed by atoms with Crippen LogP contribution >= 0.6 is 45.3 Å². The molecule has 0 fully saturated rings. The van der Waals surface area contributed by atoms with Crippen LogP contribution in [0.5, 0.6) is 0 Å². The van der Waals surface area contributed by atoms with Gasteiger partial charge in [0, 0.05) is 63.4 Å². The van der Waals surface area contributed by atoms with E-state index in [2.05, 4.69) is 214 Å². The normalized spacial score (nSPS) is 13.6. The van der Waals surface area contributed by atoms with E-state index in [-0.39, 0.29) is 17.5 Å². The van der Waals surface area contributed by atoms with Crippen LogP contribution in [0.15, 0.2) is 162 Å². The van der Waals surface area contributed by atoms with Gasteiger partial charge in [-0.2, -0.15) is 0 Å². The summed E-state index contributed by atoms with van der Waals surface area (Å²) in [7, 11) is 0. The van der Waals surface area contributed by atoms with Gasteiger partial charge in [0.25, 0.3) is 6.71 Å². The third kappa shape index (κ3) is 6.02. The van der Waals surface area contributed by atoms with E-state index in [0.717, 1.165) is 0 Å². The topological polar surface area (TPSA) is 6.48 Å². The van der Waals surface area contributed by atoms with Gasteiger partial charge in [0.2, 0.25) is 0 Å². The summed E-state index contributed by atoms with van der Waals surface area (Å²) in [4.78, 5) is 5.18. The maximum absolute atomic E-state index is 2.59. The Morgan fingerprint density at radius 1 is 0.400 bits per heavy atom. The standard InChI is InChI=1S/C58H45BN2S4/c1-57(2,3)36-22-28-50-42(30-36)52-55(64-50)60(38-24-18-34(19-25-38)44-32-62-48-16-9-7-12-40(44)48)46-14-11-15-47-54(46)59(52)53-43-31-37(58(4,5)6)23-29-51(43)65-56(53)61(47)39-26-20-35(21-27-39)45-33-63-49-17-10-8-13-41(45)49/h7-33H,1-6H3. The molecule has 0 aliphatic carbocycles. The number of hydrogen-bond acceptors (Lipinski definition) is 6. The number of fused-ring (bicyclic) bond motifs is 10. The lowest BCUT2D eigenvalue weighted by molar-refractivity contribution is 0.591. The molecule has 0 radical (unpaired) electrons. The lowest BCUT2D eigenvalue weighted by Crippen LogP contribution is -2.60. The van der Waals surface area contributed by atoms with Gasteiger partial charge >= 0.3 is 0 Å². The third-order valence-electron chi connectivity index (χ3n) is 13.8. The fraction of sp³-hybridized carbons (Fsp3) is 0.138. The first kappa shape index (κ1) is 39.4. The van der Waals surface area contributed by atoms with Crippen LogP contribution in [0.4, 0.5) is 32.8 Å². The summed E-state index contributed by atoms with van der Waals surface area (Å²) >= 11 is 7.54. The van der Waals surface area contributed by atoms with Crippen molar-refractivity contribution >= 4 is 142 Å². The zero-order chi connectivity index (χ0) is 43.9. The van der Waals surface area contributed by atoms with Crippen LogP contribution in [0.3, 0.4) is 0 Å². The van der Waals surface area contributed by atoms with Crippen LogP contribution in [-0.2, 0) is 10.8 Å². The van der Waals surface area contributed by atoms with Gasteiger partial charge in [0.05, 0.1) is 10.0 Å². The van der Waals surface area contributed by atoms with Gasteiger partial charge < -0.3 is 9.80 Å². The molecule has 2 aliphatic heterocycles. The van der Waals surface area contributed by atoms with E-state index in [9.17, 15) is 0 Å². The van der Waals surface area contributed by atoms with Crippen LogP contribution < -0.4 is 26.2 Å². The summed E-state index contributed by atoms with van der Waals surface area (Å²) in [5.41, 5.74) is 16.9. The van der Waals surface area contributed by atoms with Crippen LogP contribution in [-0.4, -0.2) is 6.71 Å². The highest BCUT2D eigenvalue weighted by atomic mass is 32.1. The quantitative estimate of drug-likeness (QED) is 0.162. The van der Waals surface area contributed by atoms with Gasteiger partial charge in [0.1, 0.15) is 0 Å². The Kier molecular flexibility index (Phi) is 8.65. The van der Waals surface area contributed by atoms with Crippen LogP contribution in [0.2, 0.25) is 0 Å². The number of nitrogens with zero attached hydrogens (tertiary/aromatic N) is 2. The Balaban J connectivity index is 1.07. The summed E-state index contributed by atoms with van der Waals surface area (Å²) in [6, 6.07) is 57.9. The molecule has 2 nitrogen and oxygen atoms in total. The van der Waals surface area contributed by atoms with Crippen molar-refractivity contribution in [3.8, 4) is 22.3 Å². The summed E-state index contributed by atoms with van der Waals surface area (Å²) in [5.74, 6) is 0. The Hall–Kier alpha value is -5.96. The molecule has 0 spiro atoms. The predicted octanol–water partition coefficient (Wildman–Crippen LogP) is 16.6. The smallest absolute Gasteiger partial charge is 0.256 e. The van der Waals surface area contributed by atoms with Crippen molar-refractivity contribution in [1.82, 2.24) is 0 Å². The van der Waals surface area contributed by atoms with Crippen molar-refractivity contribution < 1.29 is 0 Å². The molecule has 314 valence electrons. The number of anilines is 6. The van der Waals surface area contributed by atoms with Gasteiger partial charge in [-0.05, 0) is 132 Å². The average molecular weight is 909 g/mol. The van der Waals surface area contributed by atoms with Gasteiger partial charge in [-0.25, -0.2) is 0 Å². The molecular weight excluding hydrogens is 864 g/mol. The molecule has 0 unspecified atom stereocenters. The van der Waals surface area contributed by atoms with E-state index in [0.29, 0.717) is 0 Å². The minimum Gasteiger partial charge on any atom is -0.303 e. The molecule has 7 aromatic carbocycles. The van der Waals surface area contributed by atoms with Gasteiger partial charge in [-0.1, -0.05) is 133 Å². The first-order valence-electron chi connectivity index (χ1n) is 22.5. The molecular formula is C58H45BN2S4. The molecule has 13 rings (SSSR count). The van der Waals surface area contributed by atoms with E-state index in [4.69, 9.17) is 0 Å². The highest BCUT2D eigenvalue weighted by molar-refractivity contribution is 7.29. The number of thiophene rings is 4. The van der Waals surface area contributed by atoms with Crippen molar-refractivity contribution in [3.63, 3.8) is 0 Å². The lowest BCUT2D eigenvalue weighted by atomic mass is 9.33. The molecule has 0 saturated heterocycles. The lowest BCUT2D eigenvalue weighted by Gasteiger charge is -2.42. The number of hydrogen-bond donors (Lipinski definition) is 0. The zero-order valence-electron chi connectivity index (χ0n) is 37.2. The third-order valence-corrected chi connectivity index (χ3v) is 18.1. The molecule has 4 aromatic heterocycles. The first-order chi connectivity index (χ1) is 31.5. The van der Waals surface area contributed by atoms with Crippen molar-refractivity contribution in [2.45, 2.75) is 52.4 Å². The first-order valence-corrected chi connectivity index (χ1v) is 25.9. The van der Waals surface area contributed by atoms with Crippen molar-refractivity contribution in [1.29, 1.82) is 0 Å². The Labute approximate surface area is 396 Å². The highest BCUT2D eigenvalue weighted by Crippen LogP contribution is 2.51. The second kappa shape index (κ2) is 14.3. The van der Waals surface area contributed by atoms with Gasteiger partial charge in [0.15, 0.2) is 0 Å². The molecule has 0 amide bonds. The van der Waals surface area contributed by atoms with Crippen LogP contribution in [0, 0.1) is 0 Å². The van der Waals surface area contributed by atoms with Crippen molar-refractivity contribution in [2.24, 2.45) is 0 Å². The van der Waals surface area contributed by atoms with Gasteiger partial charge in [-0.3, -0.25) is 0 Å². The molecule has 0 saturated carbocycles. The molecule has 0 atom stereocenters. The van der Waals surface area contributed by atoms with E-state index in [1.165, 1.54) is 123 Å². The average Bonchev–Trinajstić information content (AvgIpc) is 4.11.